The first-order valence-corrected chi connectivity index (χ1v) is 6.80. The van der Waals surface area contributed by atoms with Gasteiger partial charge in [0.25, 0.3) is 0 Å². The summed E-state index contributed by atoms with van der Waals surface area (Å²) in [5.41, 5.74) is 0. The number of hydrogen-bond acceptors (Lipinski definition) is 0. The van der Waals surface area contributed by atoms with Crippen molar-refractivity contribution in [3.05, 3.63) is 0 Å². The number of halogens is 7. The Hall–Kier alpha value is 1.13. The Balaban J connectivity index is 0. The van der Waals surface area contributed by atoms with Crippen LogP contribution in [0.25, 0.3) is 0 Å². The molecule has 0 fully saturated rings. The van der Waals surface area contributed by atoms with Crippen LogP contribution in [0.5, 0.6) is 0 Å². The zero-order chi connectivity index (χ0) is 6.41. The van der Waals surface area contributed by atoms with Crippen molar-refractivity contribution in [3.8, 4) is 0 Å². The Morgan fingerprint density at radius 1 is 0.625 bits per heavy atom. The summed E-state index contributed by atoms with van der Waals surface area (Å²) in [4.78, 5) is 0. The van der Waals surface area contributed by atoms with Gasteiger partial charge in [0.1, 0.15) is 0 Å². The summed E-state index contributed by atoms with van der Waals surface area (Å²) in [5.74, 6) is 0. The van der Waals surface area contributed by atoms with Gasteiger partial charge in [-0.15, -0.1) is 24.0 Å². The van der Waals surface area contributed by atoms with Gasteiger partial charge in [0.2, 0.25) is 0 Å². The standard InChI is InChI=1S/6FH.HI.Sb/h7*1H;/q;;;;;;;+5/p-6. The van der Waals surface area contributed by atoms with Gasteiger partial charge in [-0.1, -0.05) is 0 Å². The zero-order valence-corrected chi connectivity index (χ0v) is 8.01. The molecule has 0 bridgehead atoms. The predicted octanol–water partition coefficient (Wildman–Crippen LogP) is 2.76. The van der Waals surface area contributed by atoms with Gasteiger partial charge in [-0.3, -0.25) is 0 Å². The predicted molar refractivity (Wildman–Crippen MR) is 27.8 cm³/mol. The van der Waals surface area contributed by atoms with Crippen LogP contribution in [0.15, 0.2) is 0 Å². The molecule has 56 valence electrons. The van der Waals surface area contributed by atoms with Crippen molar-refractivity contribution >= 4 is 43.5 Å². The molecular weight excluding hydrogens is 363 g/mol. The van der Waals surface area contributed by atoms with E-state index >= 15 is 0 Å². The van der Waals surface area contributed by atoms with Gasteiger partial charge >= 0.3 is 36.4 Å². The molecular formula is HF6ISb-. The quantitative estimate of drug-likeness (QED) is 0.353. The molecule has 0 aromatic heterocycles. The van der Waals surface area contributed by atoms with Crippen molar-refractivity contribution in [1.82, 2.24) is 0 Å². The molecule has 0 aliphatic carbocycles. The van der Waals surface area contributed by atoms with E-state index in [1.165, 1.54) is 0 Å². The fourth-order valence-electron chi connectivity index (χ4n) is 0. The number of rotatable bonds is 0. The van der Waals surface area contributed by atoms with Gasteiger partial charge < -0.3 is 0 Å². The monoisotopic (exact) mass is 363 g/mol. The maximum atomic E-state index is 9.93. The van der Waals surface area contributed by atoms with Gasteiger partial charge in [0.15, 0.2) is 0 Å². The summed E-state index contributed by atoms with van der Waals surface area (Å²) in [6.07, 6.45) is 0. The zero-order valence-electron chi connectivity index (χ0n) is 3.12. The molecule has 0 nitrogen and oxygen atoms in total. The van der Waals surface area contributed by atoms with E-state index in [4.69, 9.17) is 0 Å². The third-order valence-electron chi connectivity index (χ3n) is 0. The maximum absolute atomic E-state index is 11.2. The Morgan fingerprint density at radius 2 is 0.625 bits per heavy atom. The van der Waals surface area contributed by atoms with Crippen LogP contribution in [-0.2, 0) is 0 Å². The second-order valence-corrected chi connectivity index (χ2v) is 6.43. The van der Waals surface area contributed by atoms with Crippen LogP contribution >= 0.6 is 24.0 Å². The topological polar surface area (TPSA) is 0 Å². The average molecular weight is 364 g/mol. The average Bonchev–Trinajstić information content (AvgIpc) is 0.592. The molecule has 0 unspecified atom stereocenters. The molecule has 0 aliphatic rings. The van der Waals surface area contributed by atoms with Crippen LogP contribution in [0.3, 0.4) is 0 Å². The molecule has 0 saturated heterocycles. The summed E-state index contributed by atoms with van der Waals surface area (Å²) in [5, 5.41) is 0. The van der Waals surface area contributed by atoms with Crippen molar-refractivity contribution in [1.29, 1.82) is 0 Å². The molecule has 0 aromatic carbocycles. The minimum absolute atomic E-state index is 0. The second kappa shape index (κ2) is 1.59. The van der Waals surface area contributed by atoms with E-state index in [1.807, 2.05) is 0 Å². The summed E-state index contributed by atoms with van der Waals surface area (Å²) >= 11 is -11.2. The molecule has 0 aliphatic heterocycles. The second-order valence-electron chi connectivity index (χ2n) is 0.958. The van der Waals surface area contributed by atoms with Crippen LogP contribution < -0.4 is 0 Å². The molecule has 0 rings (SSSR count). The molecule has 8 heteroatoms. The third kappa shape index (κ3) is 210. The van der Waals surface area contributed by atoms with Crippen molar-refractivity contribution in [2.75, 3.05) is 0 Å². The molecule has 0 spiro atoms. The summed E-state index contributed by atoms with van der Waals surface area (Å²) < 4.78 is 59.6. The summed E-state index contributed by atoms with van der Waals surface area (Å²) in [6.45, 7) is 0. The number of hydrogen-bond donors (Lipinski definition) is 0. The van der Waals surface area contributed by atoms with E-state index in [9.17, 15) is 16.9 Å². The molecule has 0 aromatic rings. The molecule has 8 heavy (non-hydrogen) atoms. The third-order valence-corrected chi connectivity index (χ3v) is 0. The van der Waals surface area contributed by atoms with Crippen LogP contribution in [0, 0.1) is 0 Å². The Kier molecular flexibility index (Phi) is 2.36. The van der Waals surface area contributed by atoms with E-state index < -0.39 is 19.5 Å². The van der Waals surface area contributed by atoms with E-state index in [0.29, 0.717) is 0 Å². The van der Waals surface area contributed by atoms with Crippen molar-refractivity contribution in [3.63, 3.8) is 0 Å². The van der Waals surface area contributed by atoms with Gasteiger partial charge in [0.05, 0.1) is 0 Å². The molecule has 0 atom stereocenters. The van der Waals surface area contributed by atoms with Gasteiger partial charge in [-0.25, -0.2) is 0 Å². The van der Waals surface area contributed by atoms with Gasteiger partial charge in [-0.2, -0.15) is 0 Å². The molecule has 0 amide bonds. The first-order chi connectivity index (χ1) is 2.45. The van der Waals surface area contributed by atoms with Crippen molar-refractivity contribution in [2.45, 2.75) is 0 Å². The van der Waals surface area contributed by atoms with Gasteiger partial charge in [-0.05, 0) is 0 Å². The first kappa shape index (κ1) is 11.9. The normalized spacial score (nSPS) is 20.2. The SMILES string of the molecule is I.[F][Sb-]([F])([F])([F])([F])[F]. The van der Waals surface area contributed by atoms with Crippen LogP contribution in [0.2, 0.25) is 0 Å². The van der Waals surface area contributed by atoms with E-state index in [1.54, 1.807) is 0 Å². The molecule has 0 saturated carbocycles. The summed E-state index contributed by atoms with van der Waals surface area (Å²) in [7, 11) is 0. The Bertz CT molecular complexity index is 67.1. The van der Waals surface area contributed by atoms with E-state index in [0.717, 1.165) is 0 Å². The summed E-state index contributed by atoms with van der Waals surface area (Å²) in [6, 6.07) is 0. The van der Waals surface area contributed by atoms with E-state index in [-0.39, 0.29) is 24.0 Å². The van der Waals surface area contributed by atoms with Crippen LogP contribution in [0.1, 0.15) is 0 Å². The van der Waals surface area contributed by atoms with Crippen LogP contribution in [0.4, 0.5) is 16.9 Å². The molecule has 0 radical (unpaired) electrons. The fraction of sp³-hybridized carbons (Fsp3) is 0. The van der Waals surface area contributed by atoms with Gasteiger partial charge in [0, 0.05) is 0 Å². The molecule has 0 heterocycles. The van der Waals surface area contributed by atoms with E-state index in [2.05, 4.69) is 0 Å². The van der Waals surface area contributed by atoms with Crippen molar-refractivity contribution < 1.29 is 16.9 Å². The Morgan fingerprint density at radius 3 is 0.625 bits per heavy atom. The molecule has 0 N–H and O–H groups in total. The Labute approximate surface area is 60.2 Å². The minimum atomic E-state index is -11.2. The fourth-order valence-corrected chi connectivity index (χ4v) is 0. The van der Waals surface area contributed by atoms with Crippen molar-refractivity contribution in [2.24, 2.45) is 0 Å². The first-order valence-electron chi connectivity index (χ1n) is 1.01. The van der Waals surface area contributed by atoms with Crippen LogP contribution in [-0.4, -0.2) is 19.5 Å².